The van der Waals surface area contributed by atoms with E-state index in [1.54, 1.807) is 31.3 Å². The van der Waals surface area contributed by atoms with Crippen LogP contribution in [0.15, 0.2) is 64.2 Å². The average molecular weight is 380 g/mol. The van der Waals surface area contributed by atoms with Gasteiger partial charge in [0.25, 0.3) is 0 Å². The van der Waals surface area contributed by atoms with Crippen molar-refractivity contribution >= 4 is 16.9 Å². The molecule has 1 N–H and O–H groups in total. The molecule has 0 bridgehead atoms. The Morgan fingerprint density at radius 3 is 2.32 bits per heavy atom. The quantitative estimate of drug-likeness (QED) is 0.619. The number of nitrogens with one attached hydrogen (secondary N) is 1. The molecule has 7 nitrogen and oxygen atoms in total. The van der Waals surface area contributed by atoms with Gasteiger partial charge in [-0.15, -0.1) is 0 Å². The van der Waals surface area contributed by atoms with Crippen molar-refractivity contribution in [2.24, 2.45) is 7.05 Å². The van der Waals surface area contributed by atoms with Crippen molar-refractivity contribution in [3.63, 3.8) is 0 Å². The number of benzene rings is 2. The van der Waals surface area contributed by atoms with Crippen LogP contribution in [0.2, 0.25) is 0 Å². The summed E-state index contributed by atoms with van der Waals surface area (Å²) in [5, 5.41) is 2.82. The van der Waals surface area contributed by atoms with Crippen LogP contribution in [0.5, 0.6) is 0 Å². The largest absolute Gasteiger partial charge is 0.353 e. The third-order valence-corrected chi connectivity index (χ3v) is 4.68. The number of nitrogens with zero attached hydrogens (tertiary/aromatic N) is 3. The van der Waals surface area contributed by atoms with E-state index in [4.69, 9.17) is 0 Å². The highest BCUT2D eigenvalue weighted by Gasteiger charge is 2.13. The molecular weight excluding hydrogens is 356 g/mol. The molecule has 0 saturated carbocycles. The monoisotopic (exact) mass is 380 g/mol. The lowest BCUT2D eigenvalue weighted by Crippen LogP contribution is -2.43. The van der Waals surface area contributed by atoms with Gasteiger partial charge in [0, 0.05) is 26.7 Å². The number of hydrogen-bond acceptors (Lipinski definition) is 4. The molecule has 3 aromatic rings. The van der Waals surface area contributed by atoms with Crippen molar-refractivity contribution < 1.29 is 4.79 Å². The number of para-hydroxylation sites is 2. The number of fused-ring (bicyclic) bond motifs is 1. The molecule has 7 heteroatoms. The fourth-order valence-electron chi connectivity index (χ4n) is 3.17. The SMILES string of the molecule is CN(CCNC(=O)Cn1c(=O)c(=O)n(C)c2ccccc21)Cc1ccccc1. The molecule has 0 saturated heterocycles. The Morgan fingerprint density at radius 2 is 1.61 bits per heavy atom. The van der Waals surface area contributed by atoms with Crippen LogP contribution < -0.4 is 16.4 Å². The summed E-state index contributed by atoms with van der Waals surface area (Å²) in [5.74, 6) is -0.298. The zero-order valence-electron chi connectivity index (χ0n) is 16.1. The van der Waals surface area contributed by atoms with Crippen molar-refractivity contribution in [2.45, 2.75) is 13.1 Å². The van der Waals surface area contributed by atoms with Gasteiger partial charge in [-0.25, -0.2) is 0 Å². The smallest absolute Gasteiger partial charge is 0.317 e. The molecule has 146 valence electrons. The van der Waals surface area contributed by atoms with Crippen molar-refractivity contribution in [1.82, 2.24) is 19.4 Å². The van der Waals surface area contributed by atoms with Gasteiger partial charge in [-0.05, 0) is 24.7 Å². The molecule has 0 atom stereocenters. The maximum absolute atomic E-state index is 12.4. The minimum atomic E-state index is -0.697. The Balaban J connectivity index is 1.63. The first-order valence-corrected chi connectivity index (χ1v) is 9.15. The third-order valence-electron chi connectivity index (χ3n) is 4.68. The predicted octanol–water partition coefficient (Wildman–Crippen LogP) is 0.948. The van der Waals surface area contributed by atoms with E-state index < -0.39 is 11.1 Å². The summed E-state index contributed by atoms with van der Waals surface area (Å²) in [6.45, 7) is 1.74. The van der Waals surface area contributed by atoms with Crippen LogP contribution in [-0.4, -0.2) is 40.1 Å². The van der Waals surface area contributed by atoms with Gasteiger partial charge < -0.3 is 14.8 Å². The number of amides is 1. The standard InChI is InChI=1S/C21H24N4O3/c1-23(14-16-8-4-3-5-9-16)13-12-22-19(26)15-25-18-11-7-6-10-17(18)24(2)20(27)21(25)28/h3-11H,12-15H2,1-2H3,(H,22,26). The summed E-state index contributed by atoms with van der Waals surface area (Å²) in [6, 6.07) is 17.1. The Bertz CT molecular complexity index is 1090. The summed E-state index contributed by atoms with van der Waals surface area (Å²) >= 11 is 0. The third kappa shape index (κ3) is 4.37. The number of carbonyl (C=O) groups excluding carboxylic acids is 1. The van der Waals surface area contributed by atoms with Crippen molar-refractivity contribution in [3.8, 4) is 0 Å². The maximum atomic E-state index is 12.4. The second kappa shape index (κ2) is 8.67. The normalized spacial score (nSPS) is 11.1. The minimum Gasteiger partial charge on any atom is -0.353 e. The van der Waals surface area contributed by atoms with Gasteiger partial charge >= 0.3 is 11.1 Å². The lowest BCUT2D eigenvalue weighted by atomic mass is 10.2. The first kappa shape index (κ1) is 19.6. The molecule has 3 rings (SSSR count). The van der Waals surface area contributed by atoms with E-state index in [2.05, 4.69) is 22.3 Å². The van der Waals surface area contributed by atoms with E-state index in [0.29, 0.717) is 24.1 Å². The van der Waals surface area contributed by atoms with E-state index >= 15 is 0 Å². The lowest BCUT2D eigenvalue weighted by molar-refractivity contribution is -0.121. The highest BCUT2D eigenvalue weighted by atomic mass is 16.2. The molecule has 0 spiro atoms. The lowest BCUT2D eigenvalue weighted by Gasteiger charge is -2.17. The van der Waals surface area contributed by atoms with Gasteiger partial charge in [-0.2, -0.15) is 0 Å². The van der Waals surface area contributed by atoms with Gasteiger partial charge in [0.1, 0.15) is 6.54 Å². The first-order chi connectivity index (χ1) is 13.5. The topological polar surface area (TPSA) is 76.3 Å². The number of aryl methyl sites for hydroxylation is 1. The van der Waals surface area contributed by atoms with Crippen LogP contribution in [0.1, 0.15) is 5.56 Å². The van der Waals surface area contributed by atoms with Gasteiger partial charge in [0.2, 0.25) is 5.91 Å². The number of carbonyl (C=O) groups is 1. The van der Waals surface area contributed by atoms with E-state index in [1.807, 2.05) is 25.2 Å². The highest BCUT2D eigenvalue weighted by Crippen LogP contribution is 2.09. The van der Waals surface area contributed by atoms with Gasteiger partial charge in [0.05, 0.1) is 11.0 Å². The second-order valence-corrected chi connectivity index (χ2v) is 6.82. The van der Waals surface area contributed by atoms with E-state index in [1.165, 1.54) is 14.7 Å². The summed E-state index contributed by atoms with van der Waals surface area (Å²) in [4.78, 5) is 39.0. The van der Waals surface area contributed by atoms with Crippen LogP contribution in [0.25, 0.3) is 11.0 Å². The van der Waals surface area contributed by atoms with E-state index in [0.717, 1.165) is 6.54 Å². The maximum Gasteiger partial charge on any atom is 0.317 e. The highest BCUT2D eigenvalue weighted by molar-refractivity contribution is 5.80. The molecule has 1 heterocycles. The molecule has 0 aliphatic carbocycles. The van der Waals surface area contributed by atoms with E-state index in [-0.39, 0.29) is 12.5 Å². The molecule has 1 aromatic heterocycles. The fraction of sp³-hybridized carbons (Fsp3) is 0.286. The molecule has 0 aliphatic rings. The number of hydrogen-bond donors (Lipinski definition) is 1. The molecule has 28 heavy (non-hydrogen) atoms. The van der Waals surface area contributed by atoms with Gasteiger partial charge in [0.15, 0.2) is 0 Å². The zero-order chi connectivity index (χ0) is 20.1. The molecule has 0 radical (unpaired) electrons. The molecule has 0 fully saturated rings. The Hall–Kier alpha value is -3.19. The molecule has 2 aromatic carbocycles. The molecule has 0 aliphatic heterocycles. The minimum absolute atomic E-state index is 0.183. The molecular formula is C21H24N4O3. The molecule has 0 unspecified atom stereocenters. The Morgan fingerprint density at radius 1 is 0.964 bits per heavy atom. The summed E-state index contributed by atoms with van der Waals surface area (Å²) in [5.41, 5.74) is 1.04. The number of rotatable bonds is 7. The van der Waals surface area contributed by atoms with Gasteiger partial charge in [-0.3, -0.25) is 19.0 Å². The van der Waals surface area contributed by atoms with Crippen LogP contribution in [0.4, 0.5) is 0 Å². The first-order valence-electron chi connectivity index (χ1n) is 9.15. The van der Waals surface area contributed by atoms with Gasteiger partial charge in [-0.1, -0.05) is 42.5 Å². The summed E-state index contributed by atoms with van der Waals surface area (Å²) < 4.78 is 2.55. The van der Waals surface area contributed by atoms with E-state index in [9.17, 15) is 14.4 Å². The van der Waals surface area contributed by atoms with Crippen LogP contribution in [-0.2, 0) is 24.9 Å². The number of aromatic nitrogens is 2. The predicted molar refractivity (Wildman–Crippen MR) is 109 cm³/mol. The fourth-order valence-corrected chi connectivity index (χ4v) is 3.17. The summed E-state index contributed by atoms with van der Waals surface area (Å²) in [7, 11) is 3.54. The van der Waals surface area contributed by atoms with Crippen LogP contribution >= 0.6 is 0 Å². The Kier molecular flexibility index (Phi) is 6.06. The van der Waals surface area contributed by atoms with Crippen molar-refractivity contribution in [2.75, 3.05) is 20.1 Å². The van der Waals surface area contributed by atoms with Crippen molar-refractivity contribution in [1.29, 1.82) is 0 Å². The van der Waals surface area contributed by atoms with Crippen molar-refractivity contribution in [3.05, 3.63) is 80.9 Å². The number of likely N-dealkylation sites (N-methyl/N-ethyl adjacent to an activating group) is 1. The van der Waals surface area contributed by atoms with Crippen LogP contribution in [0.3, 0.4) is 0 Å². The molecule has 1 amide bonds. The average Bonchev–Trinajstić information content (AvgIpc) is 2.70. The Labute approximate surface area is 162 Å². The zero-order valence-corrected chi connectivity index (χ0v) is 16.1. The summed E-state index contributed by atoms with van der Waals surface area (Å²) in [6.07, 6.45) is 0. The second-order valence-electron chi connectivity index (χ2n) is 6.82. The van der Waals surface area contributed by atoms with Crippen LogP contribution in [0, 0.1) is 0 Å².